The van der Waals surface area contributed by atoms with E-state index in [0.29, 0.717) is 11.3 Å². The molecule has 0 bridgehead atoms. The molecule has 1 saturated heterocycles. The van der Waals surface area contributed by atoms with Crippen LogP contribution in [0.5, 0.6) is 17.2 Å². The highest BCUT2D eigenvalue weighted by Gasteiger charge is 2.38. The fraction of sp³-hybridized carbons (Fsp3) is 0.143. The molecular weight excluding hydrogens is 392 g/mol. The minimum atomic E-state index is -0.880. The quantitative estimate of drug-likeness (QED) is 0.348. The van der Waals surface area contributed by atoms with Crippen molar-refractivity contribution in [2.24, 2.45) is 0 Å². The van der Waals surface area contributed by atoms with Gasteiger partial charge in [-0.1, -0.05) is 18.2 Å². The maximum atomic E-state index is 13.0. The number of anilines is 1. The molecule has 1 heterocycles. The maximum Gasteiger partial charge on any atom is 0.336 e. The molecule has 2 aromatic carbocycles. The summed E-state index contributed by atoms with van der Waals surface area (Å²) in [4.78, 5) is 49.7. The summed E-state index contributed by atoms with van der Waals surface area (Å²) in [6.45, 7) is 1.25. The molecule has 0 spiro atoms. The van der Waals surface area contributed by atoms with Gasteiger partial charge in [-0.2, -0.15) is 0 Å². The number of imide groups is 2. The van der Waals surface area contributed by atoms with Gasteiger partial charge in [0, 0.05) is 6.92 Å². The molecule has 154 valence electrons. The van der Waals surface area contributed by atoms with Gasteiger partial charge in [-0.15, -0.1) is 0 Å². The number of barbiturate groups is 1. The Morgan fingerprint density at radius 1 is 0.967 bits per heavy atom. The smallest absolute Gasteiger partial charge is 0.336 e. The van der Waals surface area contributed by atoms with Crippen molar-refractivity contribution in [2.75, 3.05) is 19.1 Å². The van der Waals surface area contributed by atoms with Crippen LogP contribution in [0.15, 0.2) is 48.0 Å². The number of nitrogens with zero attached hydrogens (tertiary/aromatic N) is 1. The maximum absolute atomic E-state index is 13.0. The molecule has 0 unspecified atom stereocenters. The first-order valence-electron chi connectivity index (χ1n) is 8.76. The first-order chi connectivity index (χ1) is 14.3. The zero-order valence-electron chi connectivity index (χ0n) is 16.4. The third kappa shape index (κ3) is 4.00. The van der Waals surface area contributed by atoms with Crippen LogP contribution in [0.3, 0.4) is 0 Å². The summed E-state index contributed by atoms with van der Waals surface area (Å²) in [7, 11) is 2.80. The summed E-state index contributed by atoms with van der Waals surface area (Å²) >= 11 is 0. The van der Waals surface area contributed by atoms with E-state index in [2.05, 4.69) is 5.32 Å². The van der Waals surface area contributed by atoms with Gasteiger partial charge in [-0.3, -0.25) is 19.7 Å². The number of methoxy groups -OCH3 is 2. The second-order valence-electron chi connectivity index (χ2n) is 6.13. The molecule has 0 aromatic heterocycles. The number of nitrogens with one attached hydrogen (secondary N) is 1. The van der Waals surface area contributed by atoms with Gasteiger partial charge in [0.2, 0.25) is 0 Å². The van der Waals surface area contributed by atoms with Crippen molar-refractivity contribution in [3.8, 4) is 17.2 Å². The van der Waals surface area contributed by atoms with Crippen LogP contribution in [-0.4, -0.2) is 38.0 Å². The van der Waals surface area contributed by atoms with Crippen LogP contribution in [0.25, 0.3) is 6.08 Å². The van der Waals surface area contributed by atoms with Crippen molar-refractivity contribution < 1.29 is 33.4 Å². The monoisotopic (exact) mass is 410 g/mol. The lowest BCUT2D eigenvalue weighted by Gasteiger charge is -2.27. The van der Waals surface area contributed by atoms with Crippen LogP contribution < -0.4 is 24.4 Å². The SMILES string of the molecule is COc1cc(/C=C2/C(=O)NC(=O)N(c3ccccc3OC)C2=O)ccc1OC(C)=O. The lowest BCUT2D eigenvalue weighted by Crippen LogP contribution is -2.54. The molecule has 1 aliphatic rings. The van der Waals surface area contributed by atoms with E-state index in [1.165, 1.54) is 51.5 Å². The van der Waals surface area contributed by atoms with Gasteiger partial charge in [0.15, 0.2) is 11.5 Å². The fourth-order valence-corrected chi connectivity index (χ4v) is 2.87. The van der Waals surface area contributed by atoms with Crippen LogP contribution in [0.1, 0.15) is 12.5 Å². The lowest BCUT2D eigenvalue weighted by molar-refractivity contribution is -0.132. The Bertz CT molecular complexity index is 1070. The van der Waals surface area contributed by atoms with Gasteiger partial charge in [-0.25, -0.2) is 9.69 Å². The molecule has 3 rings (SSSR count). The Balaban J connectivity index is 2.01. The fourth-order valence-electron chi connectivity index (χ4n) is 2.87. The van der Waals surface area contributed by atoms with Crippen molar-refractivity contribution in [2.45, 2.75) is 6.92 Å². The van der Waals surface area contributed by atoms with Gasteiger partial charge in [0.1, 0.15) is 11.3 Å². The second-order valence-corrected chi connectivity index (χ2v) is 6.13. The average Bonchev–Trinajstić information content (AvgIpc) is 2.71. The van der Waals surface area contributed by atoms with Crippen LogP contribution in [0.2, 0.25) is 0 Å². The number of carbonyl (C=O) groups excluding carboxylic acids is 4. The minimum Gasteiger partial charge on any atom is -0.495 e. The highest BCUT2D eigenvalue weighted by atomic mass is 16.6. The third-order valence-electron chi connectivity index (χ3n) is 4.18. The van der Waals surface area contributed by atoms with Crippen molar-refractivity contribution in [3.63, 3.8) is 0 Å². The molecular formula is C21H18N2O7. The predicted molar refractivity (Wildman–Crippen MR) is 106 cm³/mol. The number of carbonyl (C=O) groups is 4. The number of amides is 4. The highest BCUT2D eigenvalue weighted by molar-refractivity contribution is 6.39. The average molecular weight is 410 g/mol. The summed E-state index contributed by atoms with van der Waals surface area (Å²) in [5.41, 5.74) is 0.363. The standard InChI is InChI=1S/C21H18N2O7/c1-12(24)30-17-9-8-13(11-18(17)29-3)10-14-19(25)22-21(27)23(20(14)26)15-6-4-5-7-16(15)28-2/h4-11H,1-3H3,(H,22,25,27)/b14-10-. The van der Waals surface area contributed by atoms with Gasteiger partial charge in [0.25, 0.3) is 11.8 Å². The third-order valence-corrected chi connectivity index (χ3v) is 4.18. The summed E-state index contributed by atoms with van der Waals surface area (Å²) in [6.07, 6.45) is 1.31. The Morgan fingerprint density at radius 2 is 1.67 bits per heavy atom. The predicted octanol–water partition coefficient (Wildman–Crippen LogP) is 2.30. The highest BCUT2D eigenvalue weighted by Crippen LogP contribution is 2.32. The van der Waals surface area contributed by atoms with E-state index in [-0.39, 0.29) is 22.8 Å². The molecule has 1 N–H and O–H groups in total. The second kappa shape index (κ2) is 8.48. The topological polar surface area (TPSA) is 111 Å². The van der Waals surface area contributed by atoms with Gasteiger partial charge < -0.3 is 14.2 Å². The Morgan fingerprint density at radius 3 is 2.33 bits per heavy atom. The van der Waals surface area contributed by atoms with E-state index >= 15 is 0 Å². The number of rotatable bonds is 5. The molecule has 2 aromatic rings. The van der Waals surface area contributed by atoms with Gasteiger partial charge in [0.05, 0.1) is 19.9 Å². The van der Waals surface area contributed by atoms with E-state index in [1.807, 2.05) is 0 Å². The Hall–Kier alpha value is -4.14. The largest absolute Gasteiger partial charge is 0.495 e. The van der Waals surface area contributed by atoms with Crippen molar-refractivity contribution in [1.29, 1.82) is 0 Å². The van der Waals surface area contributed by atoms with Crippen LogP contribution in [-0.2, 0) is 14.4 Å². The lowest BCUT2D eigenvalue weighted by atomic mass is 10.1. The van der Waals surface area contributed by atoms with Gasteiger partial charge >= 0.3 is 12.0 Å². The Labute approximate surface area is 171 Å². The number of para-hydroxylation sites is 2. The van der Waals surface area contributed by atoms with E-state index in [9.17, 15) is 19.2 Å². The molecule has 0 aliphatic carbocycles. The van der Waals surface area contributed by atoms with E-state index in [4.69, 9.17) is 14.2 Å². The molecule has 9 heteroatoms. The number of hydrogen-bond donors (Lipinski definition) is 1. The molecule has 1 fully saturated rings. The summed E-state index contributed by atoms with van der Waals surface area (Å²) < 4.78 is 15.4. The normalized spacial score (nSPS) is 15.1. The summed E-state index contributed by atoms with van der Waals surface area (Å²) in [5.74, 6) is -1.44. The first kappa shape index (κ1) is 20.6. The molecule has 0 saturated carbocycles. The molecule has 0 atom stereocenters. The van der Waals surface area contributed by atoms with Crippen molar-refractivity contribution in [3.05, 3.63) is 53.6 Å². The first-order valence-corrected chi connectivity index (χ1v) is 8.76. The van der Waals surface area contributed by atoms with Crippen LogP contribution in [0.4, 0.5) is 10.5 Å². The van der Waals surface area contributed by atoms with Crippen LogP contribution in [0, 0.1) is 0 Å². The number of ether oxygens (including phenoxy) is 3. The molecule has 4 amide bonds. The number of esters is 1. The minimum absolute atomic E-state index is 0.192. The van der Waals surface area contributed by atoms with Crippen molar-refractivity contribution in [1.82, 2.24) is 5.32 Å². The van der Waals surface area contributed by atoms with E-state index < -0.39 is 23.8 Å². The molecule has 1 aliphatic heterocycles. The van der Waals surface area contributed by atoms with Crippen LogP contribution >= 0.6 is 0 Å². The zero-order valence-corrected chi connectivity index (χ0v) is 16.4. The number of urea groups is 1. The molecule has 9 nitrogen and oxygen atoms in total. The van der Waals surface area contributed by atoms with E-state index in [0.717, 1.165) is 4.90 Å². The summed E-state index contributed by atoms with van der Waals surface area (Å²) in [5, 5.41) is 2.15. The molecule has 0 radical (unpaired) electrons. The molecule has 30 heavy (non-hydrogen) atoms. The number of benzene rings is 2. The van der Waals surface area contributed by atoms with E-state index in [1.54, 1.807) is 18.2 Å². The Kier molecular flexibility index (Phi) is 5.82. The van der Waals surface area contributed by atoms with Gasteiger partial charge in [-0.05, 0) is 35.9 Å². The number of hydrogen-bond acceptors (Lipinski definition) is 7. The zero-order chi connectivity index (χ0) is 21.8. The summed E-state index contributed by atoms with van der Waals surface area (Å²) in [6, 6.07) is 10.1. The van der Waals surface area contributed by atoms with Crippen molar-refractivity contribution >= 4 is 35.6 Å².